The Labute approximate surface area is 189 Å². The molecule has 0 N–H and O–H groups in total. The van der Waals surface area contributed by atoms with Gasteiger partial charge in [-0.15, -0.1) is 0 Å². The van der Waals surface area contributed by atoms with Crippen LogP contribution in [0, 0.1) is 5.92 Å². The lowest BCUT2D eigenvalue weighted by Crippen LogP contribution is -2.48. The standard InChI is InChI=1S/C23H50O5Si2/c1-9-12-14-16-18-29(22(5)11-3,19-17-15-13-10-2)28-23(24)21(4)20-30(25-6,26-7)27-8/h21-22H,9-20H2,1-8H3. The summed E-state index contributed by atoms with van der Waals surface area (Å²) in [5, 5.41) is 0. The largest absolute Gasteiger partial charge is 0.519 e. The van der Waals surface area contributed by atoms with Crippen LogP contribution in [0.4, 0.5) is 0 Å². The molecule has 0 aliphatic carbocycles. The molecule has 0 aromatic heterocycles. The minimum absolute atomic E-state index is 0.0871. The maximum Gasteiger partial charge on any atom is 0.501 e. The molecule has 2 atom stereocenters. The van der Waals surface area contributed by atoms with E-state index in [0.717, 1.165) is 18.5 Å². The summed E-state index contributed by atoms with van der Waals surface area (Å²) in [5.41, 5.74) is 0.478. The maximum absolute atomic E-state index is 13.3. The zero-order valence-corrected chi connectivity index (χ0v) is 23.2. The first-order valence-corrected chi connectivity index (χ1v) is 16.5. The van der Waals surface area contributed by atoms with E-state index in [2.05, 4.69) is 27.7 Å². The molecule has 7 heteroatoms. The quantitative estimate of drug-likeness (QED) is 0.153. The Bertz CT molecular complexity index is 423. The number of unbranched alkanes of at least 4 members (excludes halogenated alkanes) is 6. The number of carbonyl (C=O) groups excluding carboxylic acids is 1. The molecular formula is C23H50O5Si2. The molecule has 5 nitrogen and oxygen atoms in total. The average molecular weight is 463 g/mol. The fourth-order valence-electron chi connectivity index (χ4n) is 4.15. The summed E-state index contributed by atoms with van der Waals surface area (Å²) in [4.78, 5) is 13.3. The molecule has 0 aromatic carbocycles. The minimum Gasteiger partial charge on any atom is -0.519 e. The Hall–Kier alpha value is -0.216. The predicted molar refractivity (Wildman–Crippen MR) is 130 cm³/mol. The van der Waals surface area contributed by atoms with Crippen molar-refractivity contribution in [3.63, 3.8) is 0 Å². The molecule has 0 rings (SSSR count). The van der Waals surface area contributed by atoms with Crippen LogP contribution >= 0.6 is 0 Å². The van der Waals surface area contributed by atoms with E-state index in [1.54, 1.807) is 21.3 Å². The third kappa shape index (κ3) is 9.94. The molecule has 0 radical (unpaired) electrons. The summed E-state index contributed by atoms with van der Waals surface area (Å²) in [6.07, 6.45) is 10.9. The normalized spacial score (nSPS) is 14.5. The van der Waals surface area contributed by atoms with Gasteiger partial charge in [0.15, 0.2) is 0 Å². The van der Waals surface area contributed by atoms with Gasteiger partial charge in [-0.3, -0.25) is 4.79 Å². The van der Waals surface area contributed by atoms with Crippen LogP contribution < -0.4 is 0 Å². The molecule has 0 fully saturated rings. The summed E-state index contributed by atoms with van der Waals surface area (Å²) in [5.74, 6) is -0.380. The van der Waals surface area contributed by atoms with Crippen molar-refractivity contribution in [3.8, 4) is 0 Å². The molecule has 0 amide bonds. The second kappa shape index (κ2) is 16.4. The van der Waals surface area contributed by atoms with Gasteiger partial charge in [-0.1, -0.05) is 92.4 Å². The van der Waals surface area contributed by atoms with E-state index in [0.29, 0.717) is 11.6 Å². The van der Waals surface area contributed by atoms with E-state index < -0.39 is 17.1 Å². The van der Waals surface area contributed by atoms with E-state index in [1.807, 2.05) is 6.92 Å². The highest BCUT2D eigenvalue weighted by atomic mass is 28.4. The van der Waals surface area contributed by atoms with Crippen LogP contribution in [-0.4, -0.2) is 44.4 Å². The lowest BCUT2D eigenvalue weighted by molar-refractivity contribution is -0.139. The third-order valence-corrected chi connectivity index (χ3v) is 14.8. The molecule has 0 saturated heterocycles. The lowest BCUT2D eigenvalue weighted by Gasteiger charge is -2.37. The second-order valence-electron chi connectivity index (χ2n) is 8.82. The molecule has 30 heavy (non-hydrogen) atoms. The van der Waals surface area contributed by atoms with Crippen molar-refractivity contribution >= 4 is 23.1 Å². The van der Waals surface area contributed by atoms with Crippen LogP contribution in [0.5, 0.6) is 0 Å². The number of rotatable bonds is 19. The summed E-state index contributed by atoms with van der Waals surface area (Å²) in [7, 11) is -0.216. The van der Waals surface area contributed by atoms with Gasteiger partial charge in [0.05, 0.1) is 5.92 Å². The van der Waals surface area contributed by atoms with Gasteiger partial charge in [0, 0.05) is 27.4 Å². The zero-order valence-electron chi connectivity index (χ0n) is 21.2. The molecule has 0 aliphatic heterocycles. The van der Waals surface area contributed by atoms with Crippen LogP contribution in [0.2, 0.25) is 23.7 Å². The first kappa shape index (κ1) is 29.8. The van der Waals surface area contributed by atoms with Gasteiger partial charge in [0.25, 0.3) is 14.3 Å². The second-order valence-corrected chi connectivity index (χ2v) is 16.1. The van der Waals surface area contributed by atoms with Crippen LogP contribution in [0.3, 0.4) is 0 Å². The van der Waals surface area contributed by atoms with Crippen LogP contribution in [0.25, 0.3) is 0 Å². The van der Waals surface area contributed by atoms with Crippen molar-refractivity contribution in [1.82, 2.24) is 0 Å². The smallest absolute Gasteiger partial charge is 0.501 e. The number of hydrogen-bond acceptors (Lipinski definition) is 5. The highest BCUT2D eigenvalue weighted by Gasteiger charge is 2.46. The monoisotopic (exact) mass is 462 g/mol. The van der Waals surface area contributed by atoms with Crippen LogP contribution in [0.15, 0.2) is 0 Å². The first-order valence-electron chi connectivity index (χ1n) is 12.2. The maximum atomic E-state index is 13.3. The van der Waals surface area contributed by atoms with Crippen molar-refractivity contribution in [1.29, 1.82) is 0 Å². The summed E-state index contributed by atoms with van der Waals surface area (Å²) >= 11 is 0. The van der Waals surface area contributed by atoms with Gasteiger partial charge >= 0.3 is 8.80 Å². The highest BCUT2D eigenvalue weighted by molar-refractivity contribution is 6.76. The van der Waals surface area contributed by atoms with E-state index in [9.17, 15) is 4.79 Å². The van der Waals surface area contributed by atoms with E-state index in [4.69, 9.17) is 17.7 Å². The van der Waals surface area contributed by atoms with E-state index >= 15 is 0 Å². The van der Waals surface area contributed by atoms with Crippen LogP contribution in [0.1, 0.15) is 92.4 Å². The predicted octanol–water partition coefficient (Wildman–Crippen LogP) is 6.95. The fourth-order valence-corrected chi connectivity index (χ4v) is 10.8. The Morgan fingerprint density at radius 3 is 1.60 bits per heavy atom. The Kier molecular flexibility index (Phi) is 16.3. The SMILES string of the molecule is CCCCCC[Si](CCCCCC)(OC(=O)C(C)C[Si](OC)(OC)OC)C(C)CC. The van der Waals surface area contributed by atoms with E-state index in [1.165, 1.54) is 51.4 Å². The Balaban J connectivity index is 5.43. The van der Waals surface area contributed by atoms with Gasteiger partial charge in [0.1, 0.15) is 0 Å². The summed E-state index contributed by atoms with van der Waals surface area (Å²) in [6.45, 7) is 10.9. The van der Waals surface area contributed by atoms with Crippen LogP contribution in [-0.2, 0) is 22.5 Å². The molecule has 0 heterocycles. The van der Waals surface area contributed by atoms with Gasteiger partial charge in [-0.2, -0.15) is 0 Å². The Morgan fingerprint density at radius 2 is 1.23 bits per heavy atom. The number of carbonyl (C=O) groups is 1. The zero-order chi connectivity index (χ0) is 23.0. The minimum atomic E-state index is -2.81. The van der Waals surface area contributed by atoms with Crippen molar-refractivity contribution in [2.24, 2.45) is 5.92 Å². The van der Waals surface area contributed by atoms with Crippen molar-refractivity contribution in [2.45, 2.75) is 116 Å². The molecular weight excluding hydrogens is 412 g/mol. The Morgan fingerprint density at radius 1 is 0.767 bits per heavy atom. The molecule has 0 aromatic rings. The molecule has 0 spiro atoms. The van der Waals surface area contributed by atoms with Gasteiger partial charge in [-0.05, 0) is 17.6 Å². The molecule has 0 bridgehead atoms. The third-order valence-electron chi connectivity index (χ3n) is 6.61. The first-order chi connectivity index (χ1) is 14.3. The topological polar surface area (TPSA) is 54.0 Å². The lowest BCUT2D eigenvalue weighted by atomic mass is 10.2. The summed E-state index contributed by atoms with van der Waals surface area (Å²) in [6, 6.07) is 2.63. The van der Waals surface area contributed by atoms with Gasteiger partial charge in [0.2, 0.25) is 0 Å². The molecule has 180 valence electrons. The fraction of sp³-hybridized carbons (Fsp3) is 0.957. The summed E-state index contributed by atoms with van der Waals surface area (Å²) < 4.78 is 23.2. The van der Waals surface area contributed by atoms with Gasteiger partial charge in [-0.25, -0.2) is 0 Å². The van der Waals surface area contributed by atoms with Gasteiger partial charge < -0.3 is 17.7 Å². The average Bonchev–Trinajstić information content (AvgIpc) is 2.76. The van der Waals surface area contributed by atoms with Crippen molar-refractivity contribution in [2.75, 3.05) is 21.3 Å². The van der Waals surface area contributed by atoms with E-state index in [-0.39, 0.29) is 11.9 Å². The number of hydrogen-bond donors (Lipinski definition) is 0. The molecule has 0 saturated carbocycles. The van der Waals surface area contributed by atoms with Crippen molar-refractivity contribution < 1.29 is 22.5 Å². The molecule has 2 unspecified atom stereocenters. The highest BCUT2D eigenvalue weighted by Crippen LogP contribution is 2.38. The molecule has 0 aliphatic rings. The van der Waals surface area contributed by atoms with Crippen molar-refractivity contribution in [3.05, 3.63) is 0 Å².